The molecule has 0 aliphatic rings. The molecule has 0 aromatic heterocycles. The van der Waals surface area contributed by atoms with Crippen molar-refractivity contribution in [2.45, 2.75) is 13.8 Å². The molecule has 0 aromatic carbocycles. The molecule has 0 aliphatic heterocycles. The first-order valence-corrected chi connectivity index (χ1v) is 2.68. The second-order valence-corrected chi connectivity index (χ2v) is 1.59. The van der Waals surface area contributed by atoms with Crippen molar-refractivity contribution in [1.82, 2.24) is 0 Å². The van der Waals surface area contributed by atoms with E-state index in [1.54, 1.807) is 19.9 Å². The van der Waals surface area contributed by atoms with Crippen LogP contribution in [0.3, 0.4) is 0 Å². The number of aliphatic imine (C=N–C) groups is 1. The van der Waals surface area contributed by atoms with Crippen molar-refractivity contribution in [3.05, 3.63) is 23.7 Å². The number of halogens is 1. The molecule has 0 fully saturated rings. The molecule has 0 aromatic rings. The van der Waals surface area contributed by atoms with E-state index in [1.165, 1.54) is 6.08 Å². The fourth-order valence-electron chi connectivity index (χ4n) is 0.342. The lowest BCUT2D eigenvalue weighted by Crippen LogP contribution is -1.71. The van der Waals surface area contributed by atoms with Crippen LogP contribution in [-0.4, -0.2) is 6.72 Å². The zero-order valence-corrected chi connectivity index (χ0v) is 5.69. The van der Waals surface area contributed by atoms with Crippen LogP contribution >= 0.6 is 0 Å². The van der Waals surface area contributed by atoms with Gasteiger partial charge in [0.2, 0.25) is 0 Å². The van der Waals surface area contributed by atoms with E-state index >= 15 is 0 Å². The van der Waals surface area contributed by atoms with Crippen molar-refractivity contribution in [1.29, 1.82) is 0 Å². The number of hydrogen-bond donors (Lipinski definition) is 0. The van der Waals surface area contributed by atoms with Gasteiger partial charge in [-0.25, -0.2) is 4.39 Å². The molecular formula is C7H10FN. The molecule has 0 radical (unpaired) electrons. The number of nitrogens with zero attached hydrogens (tertiary/aromatic N) is 1. The maximum absolute atomic E-state index is 12.5. The van der Waals surface area contributed by atoms with Crippen LogP contribution < -0.4 is 0 Å². The van der Waals surface area contributed by atoms with Crippen molar-refractivity contribution in [2.75, 3.05) is 0 Å². The molecule has 0 saturated carbocycles. The van der Waals surface area contributed by atoms with Crippen molar-refractivity contribution >= 4 is 6.72 Å². The van der Waals surface area contributed by atoms with Gasteiger partial charge in [0.05, 0.1) is 5.70 Å². The second-order valence-electron chi connectivity index (χ2n) is 1.59. The minimum Gasteiger partial charge on any atom is -0.266 e. The third-order valence-corrected chi connectivity index (χ3v) is 0.896. The lowest BCUT2D eigenvalue weighted by molar-refractivity contribution is 0.652. The van der Waals surface area contributed by atoms with E-state index in [1.807, 2.05) is 0 Å². The maximum atomic E-state index is 12.5. The minimum absolute atomic E-state index is 0.326. The van der Waals surface area contributed by atoms with Gasteiger partial charge in [-0.1, -0.05) is 6.08 Å². The summed E-state index contributed by atoms with van der Waals surface area (Å²) in [5.74, 6) is -0.326. The Kier molecular flexibility index (Phi) is 3.60. The van der Waals surface area contributed by atoms with Gasteiger partial charge in [-0.3, -0.25) is 4.99 Å². The Hall–Kier alpha value is -0.920. The third-order valence-electron chi connectivity index (χ3n) is 0.896. The largest absolute Gasteiger partial charge is 0.266 e. The molecule has 0 saturated heterocycles. The summed E-state index contributed by atoms with van der Waals surface area (Å²) in [5.41, 5.74) is 0.327. The molecule has 0 spiro atoms. The summed E-state index contributed by atoms with van der Waals surface area (Å²) < 4.78 is 12.5. The highest BCUT2D eigenvalue weighted by Gasteiger charge is 1.90. The van der Waals surface area contributed by atoms with Crippen LogP contribution in [0.1, 0.15) is 13.8 Å². The zero-order valence-electron chi connectivity index (χ0n) is 5.69. The lowest BCUT2D eigenvalue weighted by atomic mass is 10.4. The SMILES string of the molecule is C=N/C(C)=C(F)\C=C/C. The van der Waals surface area contributed by atoms with E-state index in [9.17, 15) is 4.39 Å². The Labute approximate surface area is 54.6 Å². The first kappa shape index (κ1) is 8.08. The standard InChI is InChI=1S/C7H10FN/c1-4-5-7(8)6(2)9-3/h4-5H,3H2,1-2H3/b5-4-,7-6+. The Morgan fingerprint density at radius 2 is 2.22 bits per heavy atom. The fraction of sp³-hybridized carbons (Fsp3) is 0.286. The molecule has 0 amide bonds. The number of hydrogen-bond acceptors (Lipinski definition) is 1. The van der Waals surface area contributed by atoms with Gasteiger partial charge in [0, 0.05) is 0 Å². The predicted molar refractivity (Wildman–Crippen MR) is 38.2 cm³/mol. The smallest absolute Gasteiger partial charge is 0.143 e. The number of allylic oxidation sites excluding steroid dienone is 4. The third kappa shape index (κ3) is 2.80. The molecule has 9 heavy (non-hydrogen) atoms. The van der Waals surface area contributed by atoms with E-state index in [2.05, 4.69) is 11.7 Å². The van der Waals surface area contributed by atoms with Crippen LogP contribution in [0.4, 0.5) is 4.39 Å². The summed E-state index contributed by atoms with van der Waals surface area (Å²) in [6, 6.07) is 0. The van der Waals surface area contributed by atoms with Gasteiger partial charge in [0.25, 0.3) is 0 Å². The van der Waals surface area contributed by atoms with E-state index in [0.717, 1.165) is 0 Å². The first-order chi connectivity index (χ1) is 4.22. The normalized spacial score (nSPS) is 13.7. The Bertz CT molecular complexity index is 156. The van der Waals surface area contributed by atoms with Gasteiger partial charge in [-0.2, -0.15) is 0 Å². The quantitative estimate of drug-likeness (QED) is 0.399. The average molecular weight is 127 g/mol. The zero-order chi connectivity index (χ0) is 7.28. The van der Waals surface area contributed by atoms with E-state index < -0.39 is 0 Å². The van der Waals surface area contributed by atoms with Crippen molar-refractivity contribution in [3.8, 4) is 0 Å². The molecule has 50 valence electrons. The summed E-state index contributed by atoms with van der Waals surface area (Å²) >= 11 is 0. The van der Waals surface area contributed by atoms with E-state index in [-0.39, 0.29) is 5.83 Å². The second kappa shape index (κ2) is 4.01. The summed E-state index contributed by atoms with van der Waals surface area (Å²) in [6.45, 7) is 6.50. The summed E-state index contributed by atoms with van der Waals surface area (Å²) in [5, 5.41) is 0. The molecule has 0 aliphatic carbocycles. The van der Waals surface area contributed by atoms with Gasteiger partial charge < -0.3 is 0 Å². The van der Waals surface area contributed by atoms with Crippen molar-refractivity contribution in [3.63, 3.8) is 0 Å². The van der Waals surface area contributed by atoms with Crippen LogP contribution in [0.5, 0.6) is 0 Å². The van der Waals surface area contributed by atoms with Crippen molar-refractivity contribution in [2.24, 2.45) is 4.99 Å². The van der Waals surface area contributed by atoms with Crippen LogP contribution in [0, 0.1) is 0 Å². The van der Waals surface area contributed by atoms with Gasteiger partial charge in [-0.15, -0.1) is 0 Å². The highest BCUT2D eigenvalue weighted by Crippen LogP contribution is 2.06. The highest BCUT2D eigenvalue weighted by atomic mass is 19.1. The molecule has 0 unspecified atom stereocenters. The first-order valence-electron chi connectivity index (χ1n) is 2.68. The van der Waals surface area contributed by atoms with E-state index in [0.29, 0.717) is 5.70 Å². The van der Waals surface area contributed by atoms with Crippen LogP contribution in [-0.2, 0) is 0 Å². The van der Waals surface area contributed by atoms with Gasteiger partial charge in [0.15, 0.2) is 0 Å². The summed E-state index contributed by atoms with van der Waals surface area (Å²) in [7, 11) is 0. The molecule has 0 heterocycles. The minimum atomic E-state index is -0.326. The summed E-state index contributed by atoms with van der Waals surface area (Å²) in [4.78, 5) is 3.41. The van der Waals surface area contributed by atoms with Gasteiger partial charge >= 0.3 is 0 Å². The Morgan fingerprint density at radius 3 is 2.56 bits per heavy atom. The van der Waals surface area contributed by atoms with Gasteiger partial charge in [-0.05, 0) is 26.6 Å². The van der Waals surface area contributed by atoms with Crippen LogP contribution in [0.25, 0.3) is 0 Å². The average Bonchev–Trinajstić information content (AvgIpc) is 1.87. The fourth-order valence-corrected chi connectivity index (χ4v) is 0.342. The molecule has 2 heteroatoms. The maximum Gasteiger partial charge on any atom is 0.143 e. The van der Waals surface area contributed by atoms with Crippen LogP contribution in [0.2, 0.25) is 0 Å². The molecule has 1 nitrogen and oxygen atoms in total. The summed E-state index contributed by atoms with van der Waals surface area (Å²) in [6.07, 6.45) is 2.97. The highest BCUT2D eigenvalue weighted by molar-refractivity contribution is 5.31. The predicted octanol–water partition coefficient (Wildman–Crippen LogP) is 2.46. The van der Waals surface area contributed by atoms with Crippen LogP contribution in [0.15, 0.2) is 28.7 Å². The molecule has 0 bridgehead atoms. The Morgan fingerprint density at radius 1 is 1.67 bits per heavy atom. The van der Waals surface area contributed by atoms with Gasteiger partial charge in [0.1, 0.15) is 5.83 Å². The Balaban J connectivity index is 4.27. The molecule has 0 rings (SSSR count). The monoisotopic (exact) mass is 127 g/mol. The molecule has 0 N–H and O–H groups in total. The lowest BCUT2D eigenvalue weighted by Gasteiger charge is -1.88. The molecule has 0 atom stereocenters. The van der Waals surface area contributed by atoms with Crippen molar-refractivity contribution < 1.29 is 4.39 Å². The number of rotatable bonds is 2. The molecular weight excluding hydrogens is 117 g/mol. The topological polar surface area (TPSA) is 12.4 Å². The van der Waals surface area contributed by atoms with E-state index in [4.69, 9.17) is 0 Å².